The van der Waals surface area contributed by atoms with E-state index in [1.807, 2.05) is 16.2 Å². The Morgan fingerprint density at radius 2 is 2.62 bits per heavy atom. The molecule has 3 heterocycles. The van der Waals surface area contributed by atoms with Crippen molar-refractivity contribution in [1.82, 2.24) is 20.7 Å². The largest absolute Gasteiger partial charge is 0.362 e. The Morgan fingerprint density at radius 1 is 1.77 bits per heavy atom. The Bertz CT molecular complexity index is 321. The first kappa shape index (κ1) is 7.16. The predicted molar refractivity (Wildman–Crippen MR) is 47.8 cm³/mol. The van der Waals surface area contributed by atoms with Gasteiger partial charge in [0.15, 0.2) is 5.84 Å². The van der Waals surface area contributed by atoms with Gasteiger partial charge in [0.05, 0.1) is 5.70 Å². The lowest BCUT2D eigenvalue weighted by molar-refractivity contribution is 0.382. The third kappa shape index (κ3) is 0.719. The summed E-state index contributed by atoms with van der Waals surface area (Å²) in [6.07, 6.45) is 1.99. The zero-order chi connectivity index (χ0) is 9.05. The van der Waals surface area contributed by atoms with Crippen LogP contribution in [0.3, 0.4) is 0 Å². The lowest BCUT2D eigenvalue weighted by Crippen LogP contribution is -2.52. The number of hydrogen-bond acceptors (Lipinski definition) is 6. The molecule has 0 bridgehead atoms. The predicted octanol–water partition coefficient (Wildman–Crippen LogP) is -1.49. The van der Waals surface area contributed by atoms with E-state index in [0.717, 1.165) is 18.1 Å². The van der Waals surface area contributed by atoms with Crippen molar-refractivity contribution in [3.05, 3.63) is 11.9 Å². The van der Waals surface area contributed by atoms with E-state index in [-0.39, 0.29) is 0 Å². The number of nitrogens with zero attached hydrogens (tertiary/aromatic N) is 3. The highest BCUT2D eigenvalue weighted by molar-refractivity contribution is 6.00. The van der Waals surface area contributed by atoms with Crippen molar-refractivity contribution in [2.24, 2.45) is 10.7 Å². The van der Waals surface area contributed by atoms with Gasteiger partial charge < -0.3 is 10.6 Å². The second-order valence-electron chi connectivity index (χ2n) is 3.30. The first-order chi connectivity index (χ1) is 6.25. The molecule has 0 spiro atoms. The summed E-state index contributed by atoms with van der Waals surface area (Å²) in [5.41, 5.74) is 7.08. The van der Waals surface area contributed by atoms with Gasteiger partial charge in [-0.3, -0.25) is 10.7 Å². The highest BCUT2D eigenvalue weighted by Crippen LogP contribution is 2.35. The fourth-order valence-corrected chi connectivity index (χ4v) is 1.86. The molecule has 0 saturated carbocycles. The van der Waals surface area contributed by atoms with Gasteiger partial charge >= 0.3 is 0 Å². The van der Waals surface area contributed by atoms with E-state index < -0.39 is 5.91 Å². The van der Waals surface area contributed by atoms with Gasteiger partial charge in [0.2, 0.25) is 0 Å². The van der Waals surface area contributed by atoms with Crippen molar-refractivity contribution in [3.63, 3.8) is 0 Å². The maximum absolute atomic E-state index is 6.05. The summed E-state index contributed by atoms with van der Waals surface area (Å²) < 4.78 is 0. The molecule has 0 radical (unpaired) electrons. The van der Waals surface area contributed by atoms with Crippen LogP contribution in [-0.2, 0) is 0 Å². The molecule has 6 nitrogen and oxygen atoms in total. The molecule has 3 aliphatic rings. The van der Waals surface area contributed by atoms with Crippen molar-refractivity contribution in [2.75, 3.05) is 13.2 Å². The first-order valence-corrected chi connectivity index (χ1v) is 4.40. The lowest BCUT2D eigenvalue weighted by atomic mass is 10.4. The number of hydrazine groups is 1. The van der Waals surface area contributed by atoms with E-state index in [9.17, 15) is 0 Å². The molecule has 3 rings (SSSR count). The van der Waals surface area contributed by atoms with Crippen LogP contribution < -0.4 is 16.4 Å². The minimum Gasteiger partial charge on any atom is -0.362 e. The molecule has 70 valence electrons. The summed E-state index contributed by atoms with van der Waals surface area (Å²) in [6.45, 7) is 3.60. The van der Waals surface area contributed by atoms with E-state index in [4.69, 9.17) is 5.73 Å². The zero-order valence-corrected chi connectivity index (χ0v) is 7.41. The standard InChI is InChI=1S/C7H12N6/c1-2-12-7(8)11-6-5(3-13(7)12)9-4-10-6/h3,9H,2,4,8H2,1H3,(H,10,11). The van der Waals surface area contributed by atoms with Crippen LogP contribution in [0.2, 0.25) is 0 Å². The van der Waals surface area contributed by atoms with Gasteiger partial charge in [-0.15, -0.1) is 0 Å². The molecule has 0 aromatic rings. The Kier molecular flexibility index (Phi) is 1.08. The average Bonchev–Trinajstić information content (AvgIpc) is 2.47. The molecule has 0 amide bonds. The van der Waals surface area contributed by atoms with Gasteiger partial charge in [0, 0.05) is 12.7 Å². The highest BCUT2D eigenvalue weighted by atomic mass is 16.0. The first-order valence-electron chi connectivity index (χ1n) is 4.40. The van der Waals surface area contributed by atoms with Crippen LogP contribution in [0.5, 0.6) is 0 Å². The van der Waals surface area contributed by atoms with Gasteiger partial charge in [-0.25, -0.2) is 4.99 Å². The second kappa shape index (κ2) is 1.97. The Labute approximate surface area is 76.0 Å². The van der Waals surface area contributed by atoms with Gasteiger partial charge in [-0.05, 0) is 0 Å². The van der Waals surface area contributed by atoms with E-state index in [1.54, 1.807) is 0 Å². The topological polar surface area (TPSA) is 68.5 Å². The molecule has 0 aliphatic carbocycles. The van der Waals surface area contributed by atoms with E-state index in [0.29, 0.717) is 6.67 Å². The molecule has 0 aromatic carbocycles. The SMILES string of the molecule is CCN1N2C=C3NCN=C3NC21N. The molecule has 0 aromatic heterocycles. The molecular formula is C7H12N6. The van der Waals surface area contributed by atoms with Crippen LogP contribution in [0.1, 0.15) is 6.92 Å². The van der Waals surface area contributed by atoms with Crippen LogP contribution in [0.25, 0.3) is 0 Å². The van der Waals surface area contributed by atoms with Crippen molar-refractivity contribution < 1.29 is 0 Å². The quantitative estimate of drug-likeness (QED) is 0.429. The highest BCUT2D eigenvalue weighted by Gasteiger charge is 2.60. The normalized spacial score (nSPS) is 39.5. The van der Waals surface area contributed by atoms with Crippen LogP contribution in [-0.4, -0.2) is 35.0 Å². The summed E-state index contributed by atoms with van der Waals surface area (Å²) in [5, 5.41) is 10.3. The number of rotatable bonds is 1. The lowest BCUT2D eigenvalue weighted by Gasteiger charge is -2.17. The van der Waals surface area contributed by atoms with Gasteiger partial charge in [-0.2, -0.15) is 5.01 Å². The summed E-state index contributed by atoms with van der Waals surface area (Å²) in [7, 11) is 0. The second-order valence-corrected chi connectivity index (χ2v) is 3.30. The Balaban J connectivity index is 1.95. The van der Waals surface area contributed by atoms with Crippen molar-refractivity contribution in [2.45, 2.75) is 12.8 Å². The third-order valence-electron chi connectivity index (χ3n) is 2.58. The monoisotopic (exact) mass is 180 g/mol. The van der Waals surface area contributed by atoms with Crippen molar-refractivity contribution >= 4 is 5.84 Å². The molecule has 2 unspecified atom stereocenters. The summed E-state index contributed by atoms with van der Waals surface area (Å²) in [5.74, 6) is 0.345. The van der Waals surface area contributed by atoms with Crippen LogP contribution in [0.4, 0.5) is 0 Å². The summed E-state index contributed by atoms with van der Waals surface area (Å²) in [4.78, 5) is 4.24. The average molecular weight is 180 g/mol. The van der Waals surface area contributed by atoms with Crippen molar-refractivity contribution in [1.29, 1.82) is 0 Å². The van der Waals surface area contributed by atoms with Crippen LogP contribution >= 0.6 is 0 Å². The molecule has 3 aliphatic heterocycles. The Morgan fingerprint density at radius 3 is 3.38 bits per heavy atom. The maximum Gasteiger partial charge on any atom is 0.258 e. The van der Waals surface area contributed by atoms with Gasteiger partial charge in [0.25, 0.3) is 5.91 Å². The van der Waals surface area contributed by atoms with Crippen LogP contribution in [0.15, 0.2) is 16.9 Å². The molecule has 1 fully saturated rings. The Hall–Kier alpha value is -1.27. The number of hydrogen-bond donors (Lipinski definition) is 3. The minimum atomic E-state index is -0.525. The zero-order valence-electron chi connectivity index (χ0n) is 7.41. The summed E-state index contributed by atoms with van der Waals surface area (Å²) in [6, 6.07) is 0. The van der Waals surface area contributed by atoms with Gasteiger partial charge in [-0.1, -0.05) is 6.92 Å². The van der Waals surface area contributed by atoms with E-state index in [1.165, 1.54) is 0 Å². The maximum atomic E-state index is 6.05. The van der Waals surface area contributed by atoms with E-state index >= 15 is 0 Å². The summed E-state index contributed by atoms with van der Waals surface area (Å²) >= 11 is 0. The van der Waals surface area contributed by atoms with Gasteiger partial charge in [0.1, 0.15) is 6.67 Å². The fraction of sp³-hybridized carbons (Fsp3) is 0.571. The smallest absolute Gasteiger partial charge is 0.258 e. The molecular weight excluding hydrogens is 168 g/mol. The number of nitrogens with one attached hydrogen (secondary N) is 2. The van der Waals surface area contributed by atoms with Crippen LogP contribution in [0, 0.1) is 0 Å². The number of nitrogens with two attached hydrogens (primary N) is 1. The molecule has 1 saturated heterocycles. The number of amidine groups is 1. The molecule has 6 heteroatoms. The third-order valence-corrected chi connectivity index (χ3v) is 2.58. The molecule has 2 atom stereocenters. The minimum absolute atomic E-state index is 0.525. The number of aliphatic imine (C=N–C) groups is 1. The van der Waals surface area contributed by atoms with Crippen molar-refractivity contribution in [3.8, 4) is 0 Å². The fourth-order valence-electron chi connectivity index (χ4n) is 1.86. The number of fused-ring (bicyclic) bond motifs is 2. The molecule has 13 heavy (non-hydrogen) atoms. The van der Waals surface area contributed by atoms with E-state index in [2.05, 4.69) is 22.5 Å². The molecule has 4 N–H and O–H groups in total.